The molecule has 8 heavy (non-hydrogen) atoms. The van der Waals surface area contributed by atoms with E-state index in [0.29, 0.717) is 0 Å². The van der Waals surface area contributed by atoms with Gasteiger partial charge in [-0.3, -0.25) is 4.79 Å². The summed E-state index contributed by atoms with van der Waals surface area (Å²) >= 11 is 1.31. The van der Waals surface area contributed by atoms with E-state index < -0.39 is 0 Å². The fourth-order valence-corrected chi connectivity index (χ4v) is 0.835. The monoisotopic (exact) mass is 131 g/mol. The van der Waals surface area contributed by atoms with E-state index in [0.717, 1.165) is 12.2 Å². The van der Waals surface area contributed by atoms with Crippen LogP contribution in [-0.4, -0.2) is 25.3 Å². The summed E-state index contributed by atoms with van der Waals surface area (Å²) in [7, 11) is 1.91. The van der Waals surface area contributed by atoms with Crippen LogP contribution >= 0.6 is 11.8 Å². The van der Waals surface area contributed by atoms with E-state index in [1.54, 1.807) is 0 Å². The highest BCUT2D eigenvalue weighted by molar-refractivity contribution is 8.13. The highest BCUT2D eigenvalue weighted by atomic mass is 32.2. The van der Waals surface area contributed by atoms with Gasteiger partial charge < -0.3 is 5.32 Å². The van der Waals surface area contributed by atoms with Crippen LogP contribution in [0.5, 0.6) is 0 Å². The molecule has 0 aliphatic heterocycles. The molecule has 0 aliphatic rings. The van der Waals surface area contributed by atoms with Crippen molar-refractivity contribution >= 4 is 24.8 Å². The lowest BCUT2D eigenvalue weighted by atomic mass is 10.2. The quantitative estimate of drug-likeness (QED) is 0.536. The van der Waals surface area contributed by atoms with E-state index in [2.05, 4.69) is 5.32 Å². The first-order valence-corrected chi connectivity index (χ1v) is 3.70. The predicted octanol–water partition coefficient (Wildman–Crippen LogP) is 0.0397. The number of carbonyl (C=O) groups excluding carboxylic acids is 1. The molecule has 0 aromatic carbocycles. The van der Waals surface area contributed by atoms with Crippen LogP contribution in [0.3, 0.4) is 0 Å². The molecule has 0 heterocycles. The van der Waals surface area contributed by atoms with Crippen molar-refractivity contribution in [3.05, 3.63) is 0 Å². The van der Waals surface area contributed by atoms with Gasteiger partial charge in [-0.1, -0.05) is 18.7 Å². The highest BCUT2D eigenvalue weighted by Crippen LogP contribution is 1.97. The van der Waals surface area contributed by atoms with Crippen LogP contribution in [-0.2, 0) is 0 Å². The molecule has 0 fully saturated rings. The van der Waals surface area contributed by atoms with Gasteiger partial charge in [0.25, 0.3) is 5.24 Å². The molecule has 0 bridgehead atoms. The van der Waals surface area contributed by atoms with Crippen LogP contribution in [0.1, 0.15) is 6.92 Å². The zero-order valence-electron chi connectivity index (χ0n) is 5.23. The first-order valence-electron chi connectivity index (χ1n) is 2.71. The Kier molecular flexibility index (Phi) is 4.96. The predicted molar refractivity (Wildman–Crippen MR) is 40.1 cm³/mol. The molecule has 0 aromatic rings. The number of nitrogens with one attached hydrogen (secondary N) is 1. The number of amides is 1. The highest BCUT2D eigenvalue weighted by Gasteiger charge is 1.93. The van der Waals surface area contributed by atoms with Crippen molar-refractivity contribution in [1.82, 2.24) is 5.32 Å². The van der Waals surface area contributed by atoms with Crippen molar-refractivity contribution in [2.75, 3.05) is 12.2 Å². The third-order valence-electron chi connectivity index (χ3n) is 0.597. The lowest BCUT2D eigenvalue weighted by Gasteiger charge is -1.95. The van der Waals surface area contributed by atoms with Gasteiger partial charge in [-0.25, -0.2) is 0 Å². The van der Waals surface area contributed by atoms with Gasteiger partial charge in [-0.2, -0.15) is 0 Å². The minimum atomic E-state index is 0.0787. The zero-order chi connectivity index (χ0) is 6.41. The lowest BCUT2D eigenvalue weighted by molar-refractivity contribution is 0.262. The van der Waals surface area contributed by atoms with E-state index in [-0.39, 0.29) is 5.24 Å². The van der Waals surface area contributed by atoms with Crippen LogP contribution in [0, 0.1) is 0 Å². The Balaban J connectivity index is 3.06. The summed E-state index contributed by atoms with van der Waals surface area (Å²) in [5.74, 6) is 0.853. The Morgan fingerprint density at radius 1 is 1.88 bits per heavy atom. The summed E-state index contributed by atoms with van der Waals surface area (Å²) in [5.41, 5.74) is 0. The molecule has 1 N–H and O–H groups in total. The Labute approximate surface area is 54.8 Å². The summed E-state index contributed by atoms with van der Waals surface area (Å²) in [6.45, 7) is 1.96. The van der Waals surface area contributed by atoms with Gasteiger partial charge >= 0.3 is 0 Å². The molecule has 0 saturated heterocycles. The summed E-state index contributed by atoms with van der Waals surface area (Å²) in [6.07, 6.45) is 0.728. The minimum absolute atomic E-state index is 0.0787. The van der Waals surface area contributed by atoms with Crippen LogP contribution in [0.2, 0.25) is 0 Å². The van der Waals surface area contributed by atoms with E-state index in [1.165, 1.54) is 11.8 Å². The molecule has 0 atom stereocenters. The molecule has 0 radical (unpaired) electrons. The maximum atomic E-state index is 10.5. The van der Waals surface area contributed by atoms with Crippen molar-refractivity contribution in [3.63, 3.8) is 0 Å². The zero-order valence-corrected chi connectivity index (χ0v) is 6.05. The van der Waals surface area contributed by atoms with Gasteiger partial charge in [-0.05, 0) is 12.2 Å². The number of rotatable bonds is 2. The third-order valence-corrected chi connectivity index (χ3v) is 1.29. The van der Waals surface area contributed by atoms with Crippen molar-refractivity contribution in [1.29, 1.82) is 0 Å². The Morgan fingerprint density at radius 2 is 2.50 bits per heavy atom. The van der Waals surface area contributed by atoms with Gasteiger partial charge in [0.1, 0.15) is 7.85 Å². The molecule has 4 heteroatoms. The first kappa shape index (κ1) is 7.88. The molecule has 0 saturated carbocycles. The van der Waals surface area contributed by atoms with Crippen LogP contribution in [0.15, 0.2) is 0 Å². The molecule has 0 unspecified atom stereocenters. The summed E-state index contributed by atoms with van der Waals surface area (Å²) < 4.78 is 0. The van der Waals surface area contributed by atoms with E-state index in [4.69, 9.17) is 0 Å². The molecular weight excluding hydrogens is 121 g/mol. The number of hydrogen-bond acceptors (Lipinski definition) is 2. The molecule has 0 spiro atoms. The number of carbonyl (C=O) groups is 1. The SMILES string of the molecule is BCNC(=O)SCC. The number of hydrogen-bond donors (Lipinski definition) is 1. The van der Waals surface area contributed by atoms with Crippen molar-refractivity contribution in [2.45, 2.75) is 6.92 Å². The second kappa shape index (κ2) is 5.03. The maximum Gasteiger partial charge on any atom is 0.278 e. The summed E-state index contributed by atoms with van der Waals surface area (Å²) in [4.78, 5) is 10.5. The standard InChI is InChI=1S/C4H10BNOS/c1-2-8-4(7)6-3-5/h2-3,5H2,1H3,(H,6,7). The second-order valence-corrected chi connectivity index (χ2v) is 2.49. The molecule has 1 amide bonds. The van der Waals surface area contributed by atoms with Gasteiger partial charge in [0.2, 0.25) is 0 Å². The molecule has 2 nitrogen and oxygen atoms in total. The molecule has 46 valence electrons. The molecular formula is C4H10BNOS. The lowest BCUT2D eigenvalue weighted by Crippen LogP contribution is -2.19. The molecule has 0 aliphatic carbocycles. The fourth-order valence-electron chi connectivity index (χ4n) is 0.326. The third kappa shape index (κ3) is 4.05. The van der Waals surface area contributed by atoms with E-state index in [1.807, 2.05) is 14.8 Å². The van der Waals surface area contributed by atoms with Crippen LogP contribution in [0.4, 0.5) is 4.79 Å². The van der Waals surface area contributed by atoms with Gasteiger partial charge in [-0.15, -0.1) is 0 Å². The van der Waals surface area contributed by atoms with Crippen molar-refractivity contribution in [3.8, 4) is 0 Å². The van der Waals surface area contributed by atoms with E-state index in [9.17, 15) is 4.79 Å². The second-order valence-electron chi connectivity index (χ2n) is 1.25. The normalized spacial score (nSPS) is 8.62. The van der Waals surface area contributed by atoms with Gasteiger partial charge in [0.15, 0.2) is 0 Å². The Hall–Kier alpha value is -0.115. The van der Waals surface area contributed by atoms with Crippen LogP contribution < -0.4 is 5.32 Å². The van der Waals surface area contributed by atoms with Gasteiger partial charge in [0, 0.05) is 0 Å². The minimum Gasteiger partial charge on any atom is -0.355 e. The largest absolute Gasteiger partial charge is 0.355 e. The molecule has 0 rings (SSSR count). The van der Waals surface area contributed by atoms with Crippen LogP contribution in [0.25, 0.3) is 0 Å². The van der Waals surface area contributed by atoms with Crippen molar-refractivity contribution in [2.24, 2.45) is 0 Å². The average molecular weight is 131 g/mol. The smallest absolute Gasteiger partial charge is 0.278 e. The average Bonchev–Trinajstić information content (AvgIpc) is 1.68. The molecule has 0 aromatic heterocycles. The number of thioether (sulfide) groups is 1. The topological polar surface area (TPSA) is 29.1 Å². The van der Waals surface area contributed by atoms with Gasteiger partial charge in [0.05, 0.1) is 0 Å². The Bertz CT molecular complexity index is 70.4. The fraction of sp³-hybridized carbons (Fsp3) is 0.750. The van der Waals surface area contributed by atoms with E-state index >= 15 is 0 Å². The van der Waals surface area contributed by atoms with Crippen molar-refractivity contribution < 1.29 is 4.79 Å². The summed E-state index contributed by atoms with van der Waals surface area (Å²) in [6, 6.07) is 0. The first-order chi connectivity index (χ1) is 3.81. The summed E-state index contributed by atoms with van der Waals surface area (Å²) in [5, 5.41) is 2.75. The maximum absolute atomic E-state index is 10.5. The Morgan fingerprint density at radius 3 is 2.88 bits per heavy atom.